The van der Waals surface area contributed by atoms with Gasteiger partial charge in [0.05, 0.1) is 4.90 Å². The fourth-order valence-corrected chi connectivity index (χ4v) is 4.19. The molecule has 6 heteroatoms. The summed E-state index contributed by atoms with van der Waals surface area (Å²) in [6.07, 6.45) is 4.35. The number of aryl methyl sites for hydroxylation is 1. The van der Waals surface area contributed by atoms with E-state index in [9.17, 15) is 13.2 Å². The van der Waals surface area contributed by atoms with Crippen LogP contribution in [0.2, 0.25) is 0 Å². The lowest BCUT2D eigenvalue weighted by Crippen LogP contribution is -2.23. The molecule has 3 rings (SSSR count). The van der Waals surface area contributed by atoms with Gasteiger partial charge in [-0.15, -0.1) is 0 Å². The van der Waals surface area contributed by atoms with Gasteiger partial charge in [0.25, 0.3) is 5.91 Å². The highest BCUT2D eigenvalue weighted by Crippen LogP contribution is 2.28. The van der Waals surface area contributed by atoms with E-state index in [4.69, 9.17) is 0 Å². The number of anilines is 1. The van der Waals surface area contributed by atoms with Gasteiger partial charge in [-0.2, -0.15) is 0 Å². The average molecular weight is 358 g/mol. The van der Waals surface area contributed by atoms with Crippen LogP contribution in [-0.4, -0.2) is 20.9 Å². The molecule has 2 aromatic rings. The Morgan fingerprint density at radius 3 is 2.48 bits per heavy atom. The van der Waals surface area contributed by atoms with E-state index in [2.05, 4.69) is 16.1 Å². The highest BCUT2D eigenvalue weighted by Gasteiger charge is 2.16. The molecule has 2 aromatic carbocycles. The molecular weight excluding hydrogens is 336 g/mol. The first-order chi connectivity index (χ1) is 12.0. The SMILES string of the molecule is CCNS(=O)(=O)c1ccc(C(=O)Nc2cccc3c2CCCC3)cc1. The minimum atomic E-state index is -3.51. The van der Waals surface area contributed by atoms with Gasteiger partial charge in [0.2, 0.25) is 10.0 Å². The Hall–Kier alpha value is -2.18. The molecule has 0 fully saturated rings. The average Bonchev–Trinajstić information content (AvgIpc) is 2.62. The molecule has 2 N–H and O–H groups in total. The van der Waals surface area contributed by atoms with Crippen molar-refractivity contribution in [2.24, 2.45) is 0 Å². The van der Waals surface area contributed by atoms with Crippen LogP contribution in [0.25, 0.3) is 0 Å². The number of hydrogen-bond acceptors (Lipinski definition) is 3. The summed E-state index contributed by atoms with van der Waals surface area (Å²) in [6, 6.07) is 12.0. The molecule has 0 bridgehead atoms. The number of carbonyl (C=O) groups is 1. The first kappa shape index (κ1) is 17.6. The van der Waals surface area contributed by atoms with Crippen molar-refractivity contribution in [3.05, 3.63) is 59.2 Å². The number of fused-ring (bicyclic) bond motifs is 1. The van der Waals surface area contributed by atoms with E-state index in [0.29, 0.717) is 12.1 Å². The molecule has 0 heterocycles. The summed E-state index contributed by atoms with van der Waals surface area (Å²) in [5.74, 6) is -0.230. The second-order valence-electron chi connectivity index (χ2n) is 6.13. The molecule has 132 valence electrons. The first-order valence-corrected chi connectivity index (χ1v) is 10.0. The summed E-state index contributed by atoms with van der Waals surface area (Å²) in [5.41, 5.74) is 3.81. The van der Waals surface area contributed by atoms with Crippen LogP contribution in [0, 0.1) is 0 Å². The number of rotatable bonds is 5. The fraction of sp³-hybridized carbons (Fsp3) is 0.316. The van der Waals surface area contributed by atoms with E-state index >= 15 is 0 Å². The maximum Gasteiger partial charge on any atom is 0.255 e. The zero-order valence-corrected chi connectivity index (χ0v) is 15.0. The summed E-state index contributed by atoms with van der Waals surface area (Å²) in [5, 5.41) is 2.97. The van der Waals surface area contributed by atoms with Crippen molar-refractivity contribution >= 4 is 21.6 Å². The zero-order valence-electron chi connectivity index (χ0n) is 14.2. The highest BCUT2D eigenvalue weighted by atomic mass is 32.2. The van der Waals surface area contributed by atoms with Crippen LogP contribution in [0.3, 0.4) is 0 Å². The molecular formula is C19H22N2O3S. The van der Waals surface area contributed by atoms with Crippen LogP contribution >= 0.6 is 0 Å². The first-order valence-electron chi connectivity index (χ1n) is 8.53. The lowest BCUT2D eigenvalue weighted by atomic mass is 9.90. The number of benzene rings is 2. The predicted octanol–water partition coefficient (Wildman–Crippen LogP) is 3.12. The van der Waals surface area contributed by atoms with Crippen molar-refractivity contribution in [1.29, 1.82) is 0 Å². The summed E-state index contributed by atoms with van der Waals surface area (Å²) in [4.78, 5) is 12.7. The third-order valence-electron chi connectivity index (χ3n) is 4.41. The van der Waals surface area contributed by atoms with Crippen LogP contribution in [0.5, 0.6) is 0 Å². The predicted molar refractivity (Wildman–Crippen MR) is 98.3 cm³/mol. The summed E-state index contributed by atoms with van der Waals surface area (Å²) < 4.78 is 26.3. The summed E-state index contributed by atoms with van der Waals surface area (Å²) in [7, 11) is -3.51. The molecule has 25 heavy (non-hydrogen) atoms. The van der Waals surface area contributed by atoms with Gasteiger partial charge >= 0.3 is 0 Å². The van der Waals surface area contributed by atoms with Crippen molar-refractivity contribution in [3.8, 4) is 0 Å². The van der Waals surface area contributed by atoms with E-state index < -0.39 is 10.0 Å². The van der Waals surface area contributed by atoms with Crippen molar-refractivity contribution < 1.29 is 13.2 Å². The third kappa shape index (κ3) is 3.91. The molecule has 0 atom stereocenters. The maximum atomic E-state index is 12.5. The van der Waals surface area contributed by atoms with Gasteiger partial charge in [0.1, 0.15) is 0 Å². The van der Waals surface area contributed by atoms with E-state index in [1.165, 1.54) is 41.8 Å². The van der Waals surface area contributed by atoms with Crippen molar-refractivity contribution in [1.82, 2.24) is 4.72 Å². The summed E-state index contributed by atoms with van der Waals surface area (Å²) in [6.45, 7) is 2.05. The molecule has 0 saturated heterocycles. The van der Waals surface area contributed by atoms with E-state index in [1.807, 2.05) is 12.1 Å². The molecule has 5 nitrogen and oxygen atoms in total. The van der Waals surface area contributed by atoms with E-state index in [-0.39, 0.29) is 10.8 Å². The second kappa shape index (κ2) is 7.37. The minimum Gasteiger partial charge on any atom is -0.322 e. The number of nitrogens with one attached hydrogen (secondary N) is 2. The Kier molecular flexibility index (Phi) is 5.20. The fourth-order valence-electron chi connectivity index (χ4n) is 3.15. The maximum absolute atomic E-state index is 12.5. The lowest BCUT2D eigenvalue weighted by Gasteiger charge is -2.19. The van der Waals surface area contributed by atoms with Crippen molar-refractivity contribution in [2.45, 2.75) is 37.5 Å². The quantitative estimate of drug-likeness (QED) is 0.862. The Balaban J connectivity index is 1.78. The van der Waals surface area contributed by atoms with Crippen molar-refractivity contribution in [2.75, 3.05) is 11.9 Å². The Labute approximate surface area is 148 Å². The minimum absolute atomic E-state index is 0.156. The van der Waals surface area contributed by atoms with Gasteiger partial charge < -0.3 is 5.32 Å². The number of carbonyl (C=O) groups excluding carboxylic acids is 1. The second-order valence-corrected chi connectivity index (χ2v) is 7.90. The molecule has 1 aliphatic rings. The lowest BCUT2D eigenvalue weighted by molar-refractivity contribution is 0.102. The van der Waals surface area contributed by atoms with Crippen LogP contribution < -0.4 is 10.0 Å². The van der Waals surface area contributed by atoms with Crippen molar-refractivity contribution in [3.63, 3.8) is 0 Å². The van der Waals surface area contributed by atoms with Gasteiger partial charge in [-0.05, 0) is 67.1 Å². The highest BCUT2D eigenvalue weighted by molar-refractivity contribution is 7.89. The standard InChI is InChI=1S/C19H22N2O3S/c1-2-20-25(23,24)16-12-10-15(11-13-16)19(22)21-18-9-5-7-14-6-3-4-8-17(14)18/h5,7,9-13,20H,2-4,6,8H2,1H3,(H,21,22). The monoisotopic (exact) mass is 358 g/mol. The molecule has 0 unspecified atom stereocenters. The Morgan fingerprint density at radius 1 is 1.04 bits per heavy atom. The number of sulfonamides is 1. The third-order valence-corrected chi connectivity index (χ3v) is 5.97. The van der Waals surface area contributed by atoms with Gasteiger partial charge in [0, 0.05) is 17.8 Å². The van der Waals surface area contributed by atoms with Crippen LogP contribution in [0.15, 0.2) is 47.4 Å². The largest absolute Gasteiger partial charge is 0.322 e. The topological polar surface area (TPSA) is 75.3 Å². The van der Waals surface area contributed by atoms with Crippen LogP contribution in [0.4, 0.5) is 5.69 Å². The molecule has 1 amide bonds. The molecule has 0 saturated carbocycles. The number of hydrogen-bond donors (Lipinski definition) is 2. The number of amides is 1. The van der Waals surface area contributed by atoms with Gasteiger partial charge in [-0.3, -0.25) is 4.79 Å². The van der Waals surface area contributed by atoms with Crippen LogP contribution in [0.1, 0.15) is 41.3 Å². The smallest absolute Gasteiger partial charge is 0.255 e. The normalized spacial score (nSPS) is 14.0. The van der Waals surface area contributed by atoms with Crippen LogP contribution in [-0.2, 0) is 22.9 Å². The zero-order chi connectivity index (χ0) is 17.9. The summed E-state index contributed by atoms with van der Waals surface area (Å²) >= 11 is 0. The van der Waals surface area contributed by atoms with Gasteiger partial charge in [0.15, 0.2) is 0 Å². The Morgan fingerprint density at radius 2 is 1.76 bits per heavy atom. The van der Waals surface area contributed by atoms with E-state index in [1.54, 1.807) is 6.92 Å². The molecule has 0 radical (unpaired) electrons. The van der Waals surface area contributed by atoms with E-state index in [0.717, 1.165) is 24.9 Å². The van der Waals surface area contributed by atoms with Gasteiger partial charge in [-0.25, -0.2) is 13.1 Å². The molecule has 0 aromatic heterocycles. The molecule has 0 spiro atoms. The van der Waals surface area contributed by atoms with Gasteiger partial charge in [-0.1, -0.05) is 19.1 Å². The molecule has 1 aliphatic carbocycles. The Bertz CT molecular complexity index is 874. The molecule has 0 aliphatic heterocycles.